The summed E-state index contributed by atoms with van der Waals surface area (Å²) < 4.78 is 4.18. The molecule has 4 rings (SSSR count). The molecule has 28 heavy (non-hydrogen) atoms. The standard InChI is InChI=1S/C19H26N4O4S/c1-10-15-14(11(2)24)18(25)23(15)16(19(26)27)17(10)28-12-7-13(21(4)8-12)22-6-5-20(3)9-22/h5-6,9-15,24H,7-8H2,1-4H3/p+1/t10-,11-,12+,13+,14-,15-/m1/s1. The summed E-state index contributed by atoms with van der Waals surface area (Å²) in [6.45, 7) is 4.42. The molecule has 0 bridgehead atoms. The number of carboxylic acids is 1. The molecule has 2 N–H and O–H groups in total. The lowest BCUT2D eigenvalue weighted by Gasteiger charge is -2.46. The van der Waals surface area contributed by atoms with Crippen molar-refractivity contribution >= 4 is 23.6 Å². The van der Waals surface area contributed by atoms with Gasteiger partial charge in [0.1, 0.15) is 18.1 Å². The van der Waals surface area contributed by atoms with E-state index in [4.69, 9.17) is 0 Å². The van der Waals surface area contributed by atoms with E-state index in [0.29, 0.717) is 0 Å². The highest BCUT2D eigenvalue weighted by Crippen LogP contribution is 2.52. The Labute approximate surface area is 168 Å². The van der Waals surface area contributed by atoms with Crippen LogP contribution < -0.4 is 4.57 Å². The summed E-state index contributed by atoms with van der Waals surface area (Å²) in [6.07, 6.45) is 6.46. The van der Waals surface area contributed by atoms with Crippen molar-refractivity contribution in [2.75, 3.05) is 13.6 Å². The molecule has 2 saturated heterocycles. The number of carbonyl (C=O) groups is 2. The third kappa shape index (κ3) is 2.87. The number of aliphatic carboxylic acids is 1. The summed E-state index contributed by atoms with van der Waals surface area (Å²) in [5, 5.41) is 20.0. The number of rotatable bonds is 5. The number of aliphatic hydroxyl groups is 1. The van der Waals surface area contributed by atoms with Gasteiger partial charge >= 0.3 is 5.97 Å². The van der Waals surface area contributed by atoms with Crippen LogP contribution in [0.4, 0.5) is 0 Å². The van der Waals surface area contributed by atoms with Gasteiger partial charge in [0.05, 0.1) is 25.1 Å². The lowest BCUT2D eigenvalue weighted by atomic mass is 9.79. The third-order valence-electron chi connectivity index (χ3n) is 6.21. The van der Waals surface area contributed by atoms with Crippen LogP contribution in [0.15, 0.2) is 29.3 Å². The summed E-state index contributed by atoms with van der Waals surface area (Å²) in [5.74, 6) is -1.93. The fourth-order valence-electron chi connectivity index (χ4n) is 4.87. The Bertz CT molecular complexity index is 851. The molecule has 8 nitrogen and oxygen atoms in total. The molecule has 3 aliphatic rings. The molecule has 3 aliphatic heterocycles. The first-order valence-corrected chi connectivity index (χ1v) is 10.5. The molecule has 9 heteroatoms. The minimum atomic E-state index is -1.06. The van der Waals surface area contributed by atoms with Gasteiger partial charge in [-0.3, -0.25) is 9.69 Å². The number of carbonyl (C=O) groups excluding carboxylic acids is 1. The molecule has 6 atom stereocenters. The van der Waals surface area contributed by atoms with E-state index in [1.54, 1.807) is 18.7 Å². The van der Waals surface area contributed by atoms with E-state index in [0.717, 1.165) is 17.9 Å². The van der Waals surface area contributed by atoms with Crippen molar-refractivity contribution in [2.24, 2.45) is 18.9 Å². The maximum absolute atomic E-state index is 12.5. The highest BCUT2D eigenvalue weighted by atomic mass is 32.2. The zero-order chi connectivity index (χ0) is 20.3. The van der Waals surface area contributed by atoms with E-state index >= 15 is 0 Å². The van der Waals surface area contributed by atoms with E-state index in [-0.39, 0.29) is 35.0 Å². The average molecular weight is 408 g/mol. The second kappa shape index (κ2) is 6.89. The Morgan fingerprint density at radius 1 is 1.43 bits per heavy atom. The predicted octanol–water partition coefficient (Wildman–Crippen LogP) is 0.402. The van der Waals surface area contributed by atoms with Crippen molar-refractivity contribution in [1.82, 2.24) is 14.4 Å². The van der Waals surface area contributed by atoms with Crippen molar-refractivity contribution in [1.29, 1.82) is 0 Å². The summed E-state index contributed by atoms with van der Waals surface area (Å²) in [7, 11) is 4.07. The van der Waals surface area contributed by atoms with Crippen LogP contribution in [0.5, 0.6) is 0 Å². The zero-order valence-electron chi connectivity index (χ0n) is 16.5. The van der Waals surface area contributed by atoms with Gasteiger partial charge in [-0.2, -0.15) is 0 Å². The highest BCUT2D eigenvalue weighted by molar-refractivity contribution is 8.03. The van der Waals surface area contributed by atoms with Gasteiger partial charge in [-0.05, 0) is 14.0 Å². The minimum absolute atomic E-state index is 0.0814. The number of aryl methyl sites for hydroxylation is 1. The van der Waals surface area contributed by atoms with Crippen molar-refractivity contribution in [3.05, 3.63) is 29.3 Å². The van der Waals surface area contributed by atoms with Gasteiger partial charge in [0.15, 0.2) is 6.17 Å². The number of carboxylic acid groups (broad SMARTS) is 1. The Morgan fingerprint density at radius 3 is 2.71 bits per heavy atom. The topological polar surface area (TPSA) is 89.9 Å². The Kier molecular flexibility index (Phi) is 4.79. The molecule has 1 aromatic rings. The normalized spacial score (nSPS) is 34.0. The van der Waals surface area contributed by atoms with Crippen molar-refractivity contribution in [3.63, 3.8) is 0 Å². The van der Waals surface area contributed by atoms with E-state index in [2.05, 4.69) is 16.5 Å². The lowest BCUT2D eigenvalue weighted by molar-refractivity contribution is -0.671. The number of thioether (sulfide) groups is 1. The molecule has 0 aromatic carbocycles. The van der Waals surface area contributed by atoms with Crippen LogP contribution in [0, 0.1) is 11.8 Å². The van der Waals surface area contributed by atoms with Gasteiger partial charge in [0, 0.05) is 29.0 Å². The molecule has 152 valence electrons. The van der Waals surface area contributed by atoms with Gasteiger partial charge < -0.3 is 15.1 Å². The molecular weight excluding hydrogens is 380 g/mol. The van der Waals surface area contributed by atoms with Gasteiger partial charge in [-0.25, -0.2) is 13.9 Å². The van der Waals surface area contributed by atoms with E-state index in [9.17, 15) is 19.8 Å². The number of imidazole rings is 1. The van der Waals surface area contributed by atoms with Crippen molar-refractivity contribution in [2.45, 2.75) is 43.8 Å². The quantitative estimate of drug-likeness (QED) is 0.543. The van der Waals surface area contributed by atoms with Gasteiger partial charge in [-0.1, -0.05) is 6.92 Å². The van der Waals surface area contributed by atoms with Crippen LogP contribution in [0.2, 0.25) is 0 Å². The van der Waals surface area contributed by atoms with Gasteiger partial charge in [-0.15, -0.1) is 11.8 Å². The Morgan fingerprint density at radius 2 is 2.14 bits per heavy atom. The number of aliphatic hydroxyl groups excluding tert-OH is 1. The number of nitrogens with zero attached hydrogens (tertiary/aromatic N) is 4. The molecule has 0 saturated carbocycles. The highest BCUT2D eigenvalue weighted by Gasteiger charge is 2.60. The van der Waals surface area contributed by atoms with E-state index in [1.807, 2.05) is 37.3 Å². The smallest absolute Gasteiger partial charge is 0.353 e. The number of hydrogen-bond acceptors (Lipinski definition) is 5. The molecule has 1 aromatic heterocycles. The number of fused-ring (bicyclic) bond motifs is 1. The summed E-state index contributed by atoms with van der Waals surface area (Å²) in [6, 6.07) is -0.250. The van der Waals surface area contributed by atoms with Crippen molar-refractivity contribution < 1.29 is 24.4 Å². The first-order valence-electron chi connectivity index (χ1n) is 9.59. The van der Waals surface area contributed by atoms with Gasteiger partial charge in [0.2, 0.25) is 12.2 Å². The largest absolute Gasteiger partial charge is 0.477 e. The molecular formula is C19H27N4O4S+. The second-order valence-electron chi connectivity index (χ2n) is 8.19. The zero-order valence-corrected chi connectivity index (χ0v) is 17.3. The summed E-state index contributed by atoms with van der Waals surface area (Å²) in [5.41, 5.74) is 0.114. The maximum atomic E-state index is 12.5. The molecule has 0 spiro atoms. The number of aromatic nitrogens is 2. The maximum Gasteiger partial charge on any atom is 0.353 e. The SMILES string of the molecule is C[C@@H](O)[C@H]1C(=O)N2C(C(=O)O)=C(S[C@H]3C[C@H](n4cc[n+](C)c4)N(C)C3)[C@H](C)[C@H]12. The fourth-order valence-corrected chi connectivity index (χ4v) is 6.46. The van der Waals surface area contributed by atoms with Crippen LogP contribution in [-0.2, 0) is 16.6 Å². The Hall–Kier alpha value is -1.84. The molecule has 4 heterocycles. The lowest BCUT2D eigenvalue weighted by Crippen LogP contribution is -2.63. The van der Waals surface area contributed by atoms with Crippen molar-refractivity contribution in [3.8, 4) is 0 Å². The van der Waals surface area contributed by atoms with Gasteiger partial charge in [0.25, 0.3) is 0 Å². The molecule has 0 unspecified atom stereocenters. The third-order valence-corrected chi connectivity index (χ3v) is 7.71. The number of hydrogen-bond donors (Lipinski definition) is 2. The number of likely N-dealkylation sites (tertiary alicyclic amines) is 1. The fraction of sp³-hybridized carbons (Fsp3) is 0.632. The summed E-state index contributed by atoms with van der Waals surface area (Å²) in [4.78, 5) is 28.9. The van der Waals surface area contributed by atoms with Crippen LogP contribution in [0.1, 0.15) is 26.4 Å². The van der Waals surface area contributed by atoms with E-state index in [1.165, 1.54) is 4.90 Å². The van der Waals surface area contributed by atoms with Crippen LogP contribution >= 0.6 is 11.8 Å². The number of β-lactam (4-membered cyclic amide) rings is 1. The minimum Gasteiger partial charge on any atom is -0.477 e. The first kappa shape index (κ1) is 19.5. The first-order chi connectivity index (χ1) is 13.2. The predicted molar refractivity (Wildman–Crippen MR) is 103 cm³/mol. The monoisotopic (exact) mass is 407 g/mol. The Balaban J connectivity index is 1.56. The number of amides is 1. The second-order valence-corrected chi connectivity index (χ2v) is 9.54. The molecule has 2 fully saturated rings. The molecule has 1 amide bonds. The summed E-state index contributed by atoms with van der Waals surface area (Å²) >= 11 is 1.59. The van der Waals surface area contributed by atoms with Crippen LogP contribution in [0.3, 0.4) is 0 Å². The average Bonchev–Trinajstić information content (AvgIpc) is 3.24. The van der Waals surface area contributed by atoms with E-state index < -0.39 is 18.0 Å². The van der Waals surface area contributed by atoms with Crippen LogP contribution in [-0.4, -0.2) is 67.4 Å². The van der Waals surface area contributed by atoms with Crippen LogP contribution in [0.25, 0.3) is 0 Å². The molecule has 0 aliphatic carbocycles. The molecule has 0 radical (unpaired) electrons.